The van der Waals surface area contributed by atoms with E-state index in [0.717, 1.165) is 0 Å². The summed E-state index contributed by atoms with van der Waals surface area (Å²) in [4.78, 5) is 0. The Bertz CT molecular complexity index is 1410. The van der Waals surface area contributed by atoms with Gasteiger partial charge in [-0.15, -0.1) is 0 Å². The highest BCUT2D eigenvalue weighted by Gasteiger charge is 2.29. The molecule has 0 bridgehead atoms. The van der Waals surface area contributed by atoms with Crippen LogP contribution in [0.25, 0.3) is 0 Å². The van der Waals surface area contributed by atoms with Crippen molar-refractivity contribution in [2.24, 2.45) is 0 Å². The lowest BCUT2D eigenvalue weighted by Gasteiger charge is -2.25. The van der Waals surface area contributed by atoms with Gasteiger partial charge in [-0.3, -0.25) is 0 Å². The Morgan fingerprint density at radius 1 is 0.342 bits per heavy atom. The normalized spacial score (nSPS) is 10.9. The molecular formula is C36H36B2. The third kappa shape index (κ3) is 5.14. The van der Waals surface area contributed by atoms with Crippen LogP contribution in [0, 0.1) is 41.5 Å². The lowest BCUT2D eigenvalue weighted by atomic mass is 9.33. The summed E-state index contributed by atoms with van der Waals surface area (Å²) in [6.45, 7) is 13.9. The van der Waals surface area contributed by atoms with Crippen molar-refractivity contribution in [3.05, 3.63) is 143 Å². The van der Waals surface area contributed by atoms with Crippen LogP contribution < -0.4 is 32.8 Å². The molecule has 0 unspecified atom stereocenters. The van der Waals surface area contributed by atoms with Crippen LogP contribution in [0.15, 0.2) is 109 Å². The number of hydrogen-bond acceptors (Lipinski definition) is 0. The molecule has 0 aromatic heterocycles. The largest absolute Gasteiger partial charge is 0.242 e. The molecule has 0 saturated heterocycles. The highest BCUT2D eigenvalue weighted by molar-refractivity contribution is 6.97. The van der Waals surface area contributed by atoms with E-state index in [9.17, 15) is 0 Å². The second-order valence-electron chi connectivity index (χ2n) is 11.0. The van der Waals surface area contributed by atoms with Crippen LogP contribution in [0.4, 0.5) is 0 Å². The fourth-order valence-corrected chi connectivity index (χ4v) is 6.52. The second-order valence-corrected chi connectivity index (χ2v) is 11.0. The number of benzene rings is 5. The van der Waals surface area contributed by atoms with E-state index >= 15 is 0 Å². The number of hydrogen-bond donors (Lipinski definition) is 0. The Kier molecular flexibility index (Phi) is 7.43. The van der Waals surface area contributed by atoms with Crippen LogP contribution >= 0.6 is 0 Å². The number of rotatable bonds is 6. The topological polar surface area (TPSA) is 0 Å². The highest BCUT2D eigenvalue weighted by atomic mass is 14.1. The summed E-state index contributed by atoms with van der Waals surface area (Å²) in [5.74, 6) is 0. The molecule has 0 heterocycles. The molecule has 0 fully saturated rings. The Hall–Kier alpha value is -3.77. The molecule has 0 nitrogen and oxygen atoms in total. The maximum atomic E-state index is 2.37. The SMILES string of the molecule is Cc1cc(C)c(B(c2ccc(B(c3ccccc3)c3ccccc3)cc2)c2c(C)cc(C)cc2C)c(C)c1. The smallest absolute Gasteiger partial charge is 0.0687 e. The maximum Gasteiger partial charge on any atom is 0.242 e. The minimum atomic E-state index is 0.192. The molecule has 0 atom stereocenters. The zero-order valence-corrected chi connectivity index (χ0v) is 23.5. The Balaban J connectivity index is 1.68. The van der Waals surface area contributed by atoms with E-state index in [-0.39, 0.29) is 13.4 Å². The maximum absolute atomic E-state index is 2.37. The summed E-state index contributed by atoms with van der Waals surface area (Å²) >= 11 is 0. The molecule has 2 heteroatoms. The van der Waals surface area contributed by atoms with E-state index in [2.05, 4.69) is 151 Å². The summed E-state index contributed by atoms with van der Waals surface area (Å²) in [5.41, 5.74) is 16.3. The van der Waals surface area contributed by atoms with Gasteiger partial charge in [-0.2, -0.15) is 0 Å². The summed E-state index contributed by atoms with van der Waals surface area (Å²) in [7, 11) is 0. The third-order valence-corrected chi connectivity index (χ3v) is 7.92. The summed E-state index contributed by atoms with van der Waals surface area (Å²) in [6.07, 6.45) is 0. The molecule has 38 heavy (non-hydrogen) atoms. The van der Waals surface area contributed by atoms with Crippen LogP contribution in [0.5, 0.6) is 0 Å². The summed E-state index contributed by atoms with van der Waals surface area (Å²) in [5, 5.41) is 0. The molecule has 5 aromatic rings. The van der Waals surface area contributed by atoms with Crippen LogP contribution in [0.1, 0.15) is 33.4 Å². The van der Waals surface area contributed by atoms with Gasteiger partial charge in [0.05, 0.1) is 0 Å². The summed E-state index contributed by atoms with van der Waals surface area (Å²) in [6, 6.07) is 40.5. The molecule has 0 N–H and O–H groups in total. The Morgan fingerprint density at radius 3 is 0.974 bits per heavy atom. The van der Waals surface area contributed by atoms with E-state index in [1.165, 1.54) is 66.2 Å². The molecule has 0 amide bonds. The van der Waals surface area contributed by atoms with Crippen LogP contribution in [0.2, 0.25) is 0 Å². The molecule has 0 radical (unpaired) electrons. The average molecular weight is 490 g/mol. The zero-order valence-electron chi connectivity index (χ0n) is 23.5. The standard InChI is InChI=1S/C36H36B2/c1-25-21-27(3)35(28(4)22-25)38(36-29(5)23-26(2)24-30(36)6)34-19-17-33(18-20-34)37(31-13-9-7-10-14-31)32-15-11-8-12-16-32/h7-24H,1-6H3. The van der Waals surface area contributed by atoms with Crippen molar-refractivity contribution in [3.8, 4) is 0 Å². The monoisotopic (exact) mass is 490 g/mol. The van der Waals surface area contributed by atoms with Gasteiger partial charge in [-0.1, -0.05) is 175 Å². The highest BCUT2D eigenvalue weighted by Crippen LogP contribution is 2.13. The Morgan fingerprint density at radius 2 is 0.632 bits per heavy atom. The molecular weight excluding hydrogens is 454 g/mol. The van der Waals surface area contributed by atoms with Crippen LogP contribution in [-0.4, -0.2) is 13.4 Å². The Labute approximate surface area is 229 Å². The molecule has 0 saturated carbocycles. The fourth-order valence-electron chi connectivity index (χ4n) is 6.52. The summed E-state index contributed by atoms with van der Waals surface area (Å²) < 4.78 is 0. The van der Waals surface area contributed by atoms with E-state index in [1.54, 1.807) is 0 Å². The van der Waals surface area contributed by atoms with E-state index in [1.807, 2.05) is 0 Å². The van der Waals surface area contributed by atoms with Crippen LogP contribution in [0.3, 0.4) is 0 Å². The van der Waals surface area contributed by atoms with Crippen molar-refractivity contribution in [3.63, 3.8) is 0 Å². The molecule has 186 valence electrons. The molecule has 0 spiro atoms. The fraction of sp³-hybridized carbons (Fsp3) is 0.167. The van der Waals surface area contributed by atoms with E-state index < -0.39 is 0 Å². The van der Waals surface area contributed by atoms with Gasteiger partial charge in [0.1, 0.15) is 0 Å². The van der Waals surface area contributed by atoms with Gasteiger partial charge in [-0.25, -0.2) is 0 Å². The minimum absolute atomic E-state index is 0.192. The van der Waals surface area contributed by atoms with Crippen molar-refractivity contribution in [1.82, 2.24) is 0 Å². The molecule has 5 aromatic carbocycles. The van der Waals surface area contributed by atoms with Crippen molar-refractivity contribution in [1.29, 1.82) is 0 Å². The first-order valence-corrected chi connectivity index (χ1v) is 13.7. The van der Waals surface area contributed by atoms with Crippen molar-refractivity contribution >= 4 is 46.2 Å². The molecule has 0 aliphatic heterocycles. The van der Waals surface area contributed by atoms with Crippen LogP contribution in [-0.2, 0) is 0 Å². The first kappa shape index (κ1) is 25.9. The van der Waals surface area contributed by atoms with Gasteiger partial charge in [0.15, 0.2) is 0 Å². The predicted molar refractivity (Wildman–Crippen MR) is 170 cm³/mol. The van der Waals surface area contributed by atoms with Gasteiger partial charge in [0.25, 0.3) is 0 Å². The third-order valence-electron chi connectivity index (χ3n) is 7.92. The van der Waals surface area contributed by atoms with Gasteiger partial charge in [0.2, 0.25) is 13.4 Å². The van der Waals surface area contributed by atoms with Gasteiger partial charge in [0, 0.05) is 0 Å². The van der Waals surface area contributed by atoms with E-state index in [0.29, 0.717) is 0 Å². The van der Waals surface area contributed by atoms with Crippen molar-refractivity contribution in [2.45, 2.75) is 41.5 Å². The van der Waals surface area contributed by atoms with Gasteiger partial charge < -0.3 is 0 Å². The lowest BCUT2D eigenvalue weighted by Crippen LogP contribution is -2.57. The molecule has 0 aliphatic carbocycles. The van der Waals surface area contributed by atoms with Crippen molar-refractivity contribution < 1.29 is 0 Å². The second kappa shape index (κ2) is 10.9. The first-order valence-electron chi connectivity index (χ1n) is 13.7. The van der Waals surface area contributed by atoms with Gasteiger partial charge in [-0.05, 0) is 41.5 Å². The number of aryl methyl sites for hydroxylation is 6. The molecule has 0 aliphatic rings. The lowest BCUT2D eigenvalue weighted by molar-refractivity contribution is 1.34. The average Bonchev–Trinajstić information content (AvgIpc) is 2.89. The van der Waals surface area contributed by atoms with Gasteiger partial charge >= 0.3 is 0 Å². The first-order chi connectivity index (χ1) is 18.3. The van der Waals surface area contributed by atoms with Crippen molar-refractivity contribution in [2.75, 3.05) is 0 Å². The van der Waals surface area contributed by atoms with E-state index in [4.69, 9.17) is 0 Å². The zero-order chi connectivity index (χ0) is 26.8. The molecule has 5 rings (SSSR count). The predicted octanol–water partition coefficient (Wildman–Crippen LogP) is 4.57. The quantitative estimate of drug-likeness (QED) is 0.306. The minimum Gasteiger partial charge on any atom is -0.0687 e.